The summed E-state index contributed by atoms with van der Waals surface area (Å²) in [5.74, 6) is 0.520. The number of aliphatic hydroxyl groups is 1. The Bertz CT molecular complexity index is 389. The monoisotopic (exact) mass is 292 g/mol. The average molecular weight is 292 g/mol. The molecule has 4 heteroatoms. The van der Waals surface area contributed by atoms with Gasteiger partial charge in [0.15, 0.2) is 0 Å². The Morgan fingerprint density at radius 2 is 1.95 bits per heavy atom. The summed E-state index contributed by atoms with van der Waals surface area (Å²) in [5.41, 5.74) is 6.54. The van der Waals surface area contributed by atoms with Crippen LogP contribution < -0.4 is 11.1 Å². The molecule has 0 aliphatic carbocycles. The van der Waals surface area contributed by atoms with E-state index in [4.69, 9.17) is 5.73 Å². The third kappa shape index (κ3) is 6.74. The van der Waals surface area contributed by atoms with Crippen LogP contribution in [-0.2, 0) is 4.79 Å². The number of nitrogens with two attached hydrogens (primary N) is 1. The van der Waals surface area contributed by atoms with Crippen molar-refractivity contribution in [3.05, 3.63) is 35.9 Å². The minimum atomic E-state index is -0.321. The van der Waals surface area contributed by atoms with Gasteiger partial charge in [-0.1, -0.05) is 50.1 Å². The van der Waals surface area contributed by atoms with Crippen LogP contribution in [0, 0.1) is 5.92 Å². The van der Waals surface area contributed by atoms with E-state index in [1.54, 1.807) is 0 Å². The van der Waals surface area contributed by atoms with Crippen molar-refractivity contribution in [2.75, 3.05) is 13.2 Å². The molecule has 1 amide bonds. The fourth-order valence-corrected chi connectivity index (χ4v) is 2.60. The zero-order valence-electron chi connectivity index (χ0n) is 12.9. The molecule has 118 valence electrons. The first-order valence-electron chi connectivity index (χ1n) is 7.86. The lowest BCUT2D eigenvalue weighted by molar-refractivity contribution is -0.122. The summed E-state index contributed by atoms with van der Waals surface area (Å²) in [4.78, 5) is 12.0. The van der Waals surface area contributed by atoms with E-state index >= 15 is 0 Å². The molecule has 0 aliphatic heterocycles. The highest BCUT2D eigenvalue weighted by Crippen LogP contribution is 2.18. The molecule has 4 N–H and O–H groups in total. The number of aliphatic hydroxyl groups excluding tert-OH is 1. The molecule has 2 atom stereocenters. The molecular weight excluding hydrogens is 264 g/mol. The summed E-state index contributed by atoms with van der Waals surface area (Å²) in [6.45, 7) is 2.74. The van der Waals surface area contributed by atoms with Crippen molar-refractivity contribution < 1.29 is 9.90 Å². The topological polar surface area (TPSA) is 75.4 Å². The zero-order valence-corrected chi connectivity index (χ0v) is 12.9. The third-order valence-corrected chi connectivity index (χ3v) is 3.77. The molecule has 0 aromatic heterocycles. The molecule has 0 radical (unpaired) electrons. The van der Waals surface area contributed by atoms with Gasteiger partial charge in [0.2, 0.25) is 5.91 Å². The standard InChI is InChI=1S/C17H28N2O2/c1-2-6-14(11-12-18)9-10-17(21)19-16(13-20)15-7-4-3-5-8-15/h3-5,7-8,14,16,20H,2,6,9-13,18H2,1H3,(H,19,21). The van der Waals surface area contributed by atoms with E-state index in [0.29, 0.717) is 18.9 Å². The fraction of sp³-hybridized carbons (Fsp3) is 0.588. The Morgan fingerprint density at radius 3 is 2.52 bits per heavy atom. The van der Waals surface area contributed by atoms with Crippen LogP contribution in [0.3, 0.4) is 0 Å². The van der Waals surface area contributed by atoms with Gasteiger partial charge in [0, 0.05) is 6.42 Å². The number of benzene rings is 1. The van der Waals surface area contributed by atoms with Crippen molar-refractivity contribution in [1.82, 2.24) is 5.32 Å². The van der Waals surface area contributed by atoms with Crippen LogP contribution in [-0.4, -0.2) is 24.2 Å². The van der Waals surface area contributed by atoms with Crippen molar-refractivity contribution in [3.8, 4) is 0 Å². The number of amides is 1. The first kappa shape index (κ1) is 17.7. The molecule has 0 bridgehead atoms. The molecule has 0 aliphatic rings. The van der Waals surface area contributed by atoms with Crippen LogP contribution in [0.25, 0.3) is 0 Å². The number of rotatable bonds is 10. The maximum Gasteiger partial charge on any atom is 0.220 e. The molecule has 1 aromatic carbocycles. The Morgan fingerprint density at radius 1 is 1.24 bits per heavy atom. The molecule has 0 fully saturated rings. The van der Waals surface area contributed by atoms with E-state index in [1.165, 1.54) is 0 Å². The van der Waals surface area contributed by atoms with Crippen LogP contribution in [0.4, 0.5) is 0 Å². The number of carbonyl (C=O) groups excluding carboxylic acids is 1. The summed E-state index contributed by atoms with van der Waals surface area (Å²) in [6, 6.07) is 9.23. The van der Waals surface area contributed by atoms with Crippen LogP contribution >= 0.6 is 0 Å². The van der Waals surface area contributed by atoms with Gasteiger partial charge in [0.1, 0.15) is 0 Å². The van der Waals surface area contributed by atoms with Crippen molar-refractivity contribution in [3.63, 3.8) is 0 Å². The van der Waals surface area contributed by atoms with Gasteiger partial charge >= 0.3 is 0 Å². The highest BCUT2D eigenvalue weighted by atomic mass is 16.3. The molecule has 1 rings (SSSR count). The number of nitrogens with one attached hydrogen (secondary N) is 1. The molecular formula is C17H28N2O2. The summed E-state index contributed by atoms with van der Waals surface area (Å²) in [6.07, 6.45) is 4.57. The van der Waals surface area contributed by atoms with Crippen molar-refractivity contribution in [2.45, 2.75) is 45.1 Å². The van der Waals surface area contributed by atoms with E-state index in [0.717, 1.165) is 31.2 Å². The molecule has 0 saturated carbocycles. The Hall–Kier alpha value is -1.39. The largest absolute Gasteiger partial charge is 0.394 e. The van der Waals surface area contributed by atoms with Gasteiger partial charge in [-0.15, -0.1) is 0 Å². The molecule has 4 nitrogen and oxygen atoms in total. The minimum absolute atomic E-state index is 0.00368. The zero-order chi connectivity index (χ0) is 15.5. The van der Waals surface area contributed by atoms with Gasteiger partial charge in [0.25, 0.3) is 0 Å². The summed E-state index contributed by atoms with van der Waals surface area (Å²) < 4.78 is 0. The second-order valence-corrected chi connectivity index (χ2v) is 5.48. The Kier molecular flexibility index (Phi) is 8.71. The van der Waals surface area contributed by atoms with Crippen LogP contribution in [0.1, 0.15) is 50.6 Å². The number of hydrogen-bond acceptors (Lipinski definition) is 3. The highest BCUT2D eigenvalue weighted by molar-refractivity contribution is 5.76. The molecule has 0 spiro atoms. The fourth-order valence-electron chi connectivity index (χ4n) is 2.60. The van der Waals surface area contributed by atoms with E-state index in [2.05, 4.69) is 12.2 Å². The van der Waals surface area contributed by atoms with Gasteiger partial charge in [-0.05, 0) is 30.9 Å². The molecule has 1 aromatic rings. The SMILES string of the molecule is CCCC(CCN)CCC(=O)NC(CO)c1ccccc1. The quantitative estimate of drug-likeness (QED) is 0.620. The first-order valence-corrected chi connectivity index (χ1v) is 7.86. The van der Waals surface area contributed by atoms with E-state index in [1.807, 2.05) is 30.3 Å². The lowest BCUT2D eigenvalue weighted by Gasteiger charge is -2.18. The Labute approximate surface area is 127 Å². The predicted molar refractivity (Wildman–Crippen MR) is 85.7 cm³/mol. The second-order valence-electron chi connectivity index (χ2n) is 5.48. The predicted octanol–water partition coefficient (Wildman–Crippen LogP) is 2.38. The van der Waals surface area contributed by atoms with Crippen LogP contribution in [0.5, 0.6) is 0 Å². The van der Waals surface area contributed by atoms with Crippen molar-refractivity contribution in [2.24, 2.45) is 11.7 Å². The lowest BCUT2D eigenvalue weighted by Crippen LogP contribution is -2.31. The highest BCUT2D eigenvalue weighted by Gasteiger charge is 2.15. The van der Waals surface area contributed by atoms with E-state index in [9.17, 15) is 9.90 Å². The molecule has 21 heavy (non-hydrogen) atoms. The van der Waals surface area contributed by atoms with Gasteiger partial charge in [-0.3, -0.25) is 4.79 Å². The van der Waals surface area contributed by atoms with Crippen molar-refractivity contribution in [1.29, 1.82) is 0 Å². The van der Waals surface area contributed by atoms with Gasteiger partial charge in [-0.2, -0.15) is 0 Å². The number of hydrogen-bond donors (Lipinski definition) is 3. The second kappa shape index (κ2) is 10.4. The molecule has 0 heterocycles. The normalized spacial score (nSPS) is 13.7. The first-order chi connectivity index (χ1) is 10.2. The smallest absolute Gasteiger partial charge is 0.220 e. The maximum atomic E-state index is 12.0. The van der Waals surface area contributed by atoms with Gasteiger partial charge < -0.3 is 16.2 Å². The van der Waals surface area contributed by atoms with Gasteiger partial charge in [-0.25, -0.2) is 0 Å². The molecule has 2 unspecified atom stereocenters. The number of carbonyl (C=O) groups is 1. The summed E-state index contributed by atoms with van der Waals surface area (Å²) in [5, 5.41) is 12.3. The summed E-state index contributed by atoms with van der Waals surface area (Å²) in [7, 11) is 0. The van der Waals surface area contributed by atoms with Crippen molar-refractivity contribution >= 4 is 5.91 Å². The third-order valence-electron chi connectivity index (χ3n) is 3.77. The lowest BCUT2D eigenvalue weighted by atomic mass is 9.94. The van der Waals surface area contributed by atoms with Crippen LogP contribution in [0.15, 0.2) is 30.3 Å². The minimum Gasteiger partial charge on any atom is -0.394 e. The Balaban J connectivity index is 2.44. The maximum absolute atomic E-state index is 12.0. The summed E-state index contributed by atoms with van der Waals surface area (Å²) >= 11 is 0. The van der Waals surface area contributed by atoms with Crippen LogP contribution in [0.2, 0.25) is 0 Å². The van der Waals surface area contributed by atoms with Gasteiger partial charge in [0.05, 0.1) is 12.6 Å². The average Bonchev–Trinajstić information content (AvgIpc) is 2.51. The molecule has 0 saturated heterocycles. The van der Waals surface area contributed by atoms with E-state index in [-0.39, 0.29) is 18.6 Å². The van der Waals surface area contributed by atoms with E-state index < -0.39 is 0 Å².